The number of halogens is 1. The predicted octanol–water partition coefficient (Wildman–Crippen LogP) is 4.26. The number of ether oxygens (including phenoxy) is 1. The van der Waals surface area contributed by atoms with E-state index in [2.05, 4.69) is 12.2 Å². The Morgan fingerprint density at radius 2 is 1.86 bits per heavy atom. The summed E-state index contributed by atoms with van der Waals surface area (Å²) in [6.45, 7) is 2.76. The van der Waals surface area contributed by atoms with Crippen LogP contribution in [0.2, 0.25) is 0 Å². The van der Waals surface area contributed by atoms with Crippen molar-refractivity contribution in [3.05, 3.63) is 59.9 Å². The number of benzene rings is 2. The Kier molecular flexibility index (Phi) is 5.32. The summed E-state index contributed by atoms with van der Waals surface area (Å²) in [5.41, 5.74) is 0.631. The highest BCUT2D eigenvalue weighted by molar-refractivity contribution is 6.04. The highest BCUT2D eigenvalue weighted by Crippen LogP contribution is 2.16. The van der Waals surface area contributed by atoms with Crippen molar-refractivity contribution in [1.29, 1.82) is 0 Å². The molecular formula is C17H18FNO2. The van der Waals surface area contributed by atoms with E-state index in [4.69, 9.17) is 4.74 Å². The van der Waals surface area contributed by atoms with E-state index in [0.717, 1.165) is 18.6 Å². The van der Waals surface area contributed by atoms with Crippen molar-refractivity contribution < 1.29 is 13.9 Å². The largest absolute Gasteiger partial charge is 0.494 e. The van der Waals surface area contributed by atoms with Crippen LogP contribution >= 0.6 is 0 Å². The number of nitrogens with one attached hydrogen (secondary N) is 1. The summed E-state index contributed by atoms with van der Waals surface area (Å²) >= 11 is 0. The zero-order chi connectivity index (χ0) is 15.1. The highest BCUT2D eigenvalue weighted by atomic mass is 19.1. The van der Waals surface area contributed by atoms with Gasteiger partial charge in [0, 0.05) is 5.56 Å². The molecular weight excluding hydrogens is 269 g/mol. The maximum Gasteiger partial charge on any atom is 0.255 e. The Bertz CT molecular complexity index is 596. The predicted molar refractivity (Wildman–Crippen MR) is 81.2 cm³/mol. The van der Waals surface area contributed by atoms with E-state index < -0.39 is 5.82 Å². The summed E-state index contributed by atoms with van der Waals surface area (Å²) in [6.07, 6.45) is 2.07. The molecule has 21 heavy (non-hydrogen) atoms. The number of para-hydroxylation sites is 1. The van der Waals surface area contributed by atoms with Gasteiger partial charge in [0.25, 0.3) is 5.91 Å². The Labute approximate surface area is 123 Å². The zero-order valence-corrected chi connectivity index (χ0v) is 11.9. The summed E-state index contributed by atoms with van der Waals surface area (Å²) in [5, 5.41) is 2.54. The lowest BCUT2D eigenvalue weighted by atomic mass is 10.2. The number of rotatable bonds is 6. The topological polar surface area (TPSA) is 38.3 Å². The van der Waals surface area contributed by atoms with Gasteiger partial charge in [0.1, 0.15) is 11.6 Å². The van der Waals surface area contributed by atoms with Crippen LogP contribution in [0.1, 0.15) is 30.1 Å². The van der Waals surface area contributed by atoms with Gasteiger partial charge in [0.05, 0.1) is 12.3 Å². The Morgan fingerprint density at radius 1 is 1.14 bits per heavy atom. The van der Waals surface area contributed by atoms with E-state index in [1.165, 1.54) is 12.1 Å². The minimum Gasteiger partial charge on any atom is -0.494 e. The molecule has 0 saturated heterocycles. The summed E-state index contributed by atoms with van der Waals surface area (Å²) in [4.78, 5) is 12.0. The number of carbonyl (C=O) groups is 1. The molecule has 2 rings (SSSR count). The molecule has 4 heteroatoms. The monoisotopic (exact) mass is 287 g/mol. The molecule has 0 aromatic heterocycles. The van der Waals surface area contributed by atoms with Crippen molar-refractivity contribution in [2.45, 2.75) is 19.8 Å². The lowest BCUT2D eigenvalue weighted by molar-refractivity contribution is 0.102. The number of hydrogen-bond donors (Lipinski definition) is 1. The first-order chi connectivity index (χ1) is 10.2. The molecule has 0 heterocycles. The van der Waals surface area contributed by atoms with E-state index in [-0.39, 0.29) is 11.6 Å². The molecule has 0 aliphatic heterocycles. The van der Waals surface area contributed by atoms with Gasteiger partial charge in [-0.1, -0.05) is 25.5 Å². The smallest absolute Gasteiger partial charge is 0.255 e. The SMILES string of the molecule is CCCCOc1ccc(C(=O)Nc2ccccc2F)cc1. The normalized spacial score (nSPS) is 10.2. The molecule has 1 N–H and O–H groups in total. The highest BCUT2D eigenvalue weighted by Gasteiger charge is 2.08. The molecule has 0 saturated carbocycles. The second kappa shape index (κ2) is 7.43. The molecule has 110 valence electrons. The van der Waals surface area contributed by atoms with Gasteiger partial charge in [-0.05, 0) is 42.8 Å². The third-order valence-corrected chi connectivity index (χ3v) is 3.01. The molecule has 0 fully saturated rings. The van der Waals surface area contributed by atoms with Gasteiger partial charge in [0.15, 0.2) is 0 Å². The van der Waals surface area contributed by atoms with Crippen LogP contribution in [0.5, 0.6) is 5.75 Å². The van der Waals surface area contributed by atoms with E-state index >= 15 is 0 Å². The Morgan fingerprint density at radius 3 is 2.52 bits per heavy atom. The van der Waals surface area contributed by atoms with Gasteiger partial charge in [-0.25, -0.2) is 4.39 Å². The first-order valence-electron chi connectivity index (χ1n) is 6.99. The number of amides is 1. The van der Waals surface area contributed by atoms with Crippen molar-refractivity contribution >= 4 is 11.6 Å². The Balaban J connectivity index is 1.98. The first kappa shape index (κ1) is 15.0. The van der Waals surface area contributed by atoms with Gasteiger partial charge >= 0.3 is 0 Å². The molecule has 0 radical (unpaired) electrons. The van der Waals surface area contributed by atoms with E-state index in [1.54, 1.807) is 36.4 Å². The third kappa shape index (κ3) is 4.31. The minimum absolute atomic E-state index is 0.172. The van der Waals surface area contributed by atoms with E-state index in [9.17, 15) is 9.18 Å². The number of unbranched alkanes of at least 4 members (excludes halogenated alkanes) is 1. The van der Waals surface area contributed by atoms with Gasteiger partial charge in [-0.2, -0.15) is 0 Å². The summed E-state index contributed by atoms with van der Waals surface area (Å²) < 4.78 is 19.0. The fraction of sp³-hybridized carbons (Fsp3) is 0.235. The van der Waals surface area contributed by atoms with Crippen LogP contribution in [0.4, 0.5) is 10.1 Å². The quantitative estimate of drug-likeness (QED) is 0.806. The molecule has 0 aliphatic rings. The summed E-state index contributed by atoms with van der Waals surface area (Å²) in [7, 11) is 0. The van der Waals surface area contributed by atoms with Crippen LogP contribution in [-0.4, -0.2) is 12.5 Å². The van der Waals surface area contributed by atoms with Gasteiger partial charge in [-0.3, -0.25) is 4.79 Å². The van der Waals surface area contributed by atoms with Gasteiger partial charge in [0.2, 0.25) is 0 Å². The molecule has 0 aliphatic carbocycles. The second-order valence-electron chi connectivity index (χ2n) is 4.66. The average Bonchev–Trinajstić information content (AvgIpc) is 2.50. The molecule has 1 amide bonds. The molecule has 0 spiro atoms. The van der Waals surface area contributed by atoms with E-state index in [0.29, 0.717) is 12.2 Å². The van der Waals surface area contributed by atoms with Crippen LogP contribution < -0.4 is 10.1 Å². The van der Waals surface area contributed by atoms with Crippen LogP contribution in [0, 0.1) is 5.82 Å². The van der Waals surface area contributed by atoms with Crippen molar-refractivity contribution in [2.24, 2.45) is 0 Å². The first-order valence-corrected chi connectivity index (χ1v) is 6.99. The van der Waals surface area contributed by atoms with Gasteiger partial charge < -0.3 is 10.1 Å². The van der Waals surface area contributed by atoms with Crippen LogP contribution in [0.15, 0.2) is 48.5 Å². The standard InChI is InChI=1S/C17H18FNO2/c1-2-3-12-21-14-10-8-13(9-11-14)17(20)19-16-7-5-4-6-15(16)18/h4-11H,2-3,12H2,1H3,(H,19,20). The molecule has 3 nitrogen and oxygen atoms in total. The lowest BCUT2D eigenvalue weighted by Gasteiger charge is -2.08. The molecule has 0 bridgehead atoms. The molecule has 0 atom stereocenters. The molecule has 2 aromatic rings. The minimum atomic E-state index is -0.453. The second-order valence-corrected chi connectivity index (χ2v) is 4.66. The van der Waals surface area contributed by atoms with Crippen LogP contribution in [0.25, 0.3) is 0 Å². The molecule has 2 aromatic carbocycles. The maximum atomic E-state index is 13.5. The van der Waals surface area contributed by atoms with Crippen molar-refractivity contribution in [2.75, 3.05) is 11.9 Å². The average molecular weight is 287 g/mol. The van der Waals surface area contributed by atoms with Gasteiger partial charge in [-0.15, -0.1) is 0 Å². The fourth-order valence-corrected chi connectivity index (χ4v) is 1.79. The van der Waals surface area contributed by atoms with Crippen molar-refractivity contribution in [1.82, 2.24) is 0 Å². The van der Waals surface area contributed by atoms with Crippen molar-refractivity contribution in [3.8, 4) is 5.75 Å². The molecule has 0 unspecified atom stereocenters. The Hall–Kier alpha value is -2.36. The van der Waals surface area contributed by atoms with Crippen LogP contribution in [0.3, 0.4) is 0 Å². The van der Waals surface area contributed by atoms with Crippen molar-refractivity contribution in [3.63, 3.8) is 0 Å². The maximum absolute atomic E-state index is 13.5. The lowest BCUT2D eigenvalue weighted by Crippen LogP contribution is -2.12. The number of carbonyl (C=O) groups excluding carboxylic acids is 1. The van der Waals surface area contributed by atoms with E-state index in [1.807, 2.05) is 0 Å². The van der Waals surface area contributed by atoms with Crippen LogP contribution in [-0.2, 0) is 0 Å². The fourth-order valence-electron chi connectivity index (χ4n) is 1.79. The third-order valence-electron chi connectivity index (χ3n) is 3.01. The number of anilines is 1. The summed E-state index contributed by atoms with van der Waals surface area (Å²) in [5.74, 6) is -0.0727. The zero-order valence-electron chi connectivity index (χ0n) is 11.9. The number of hydrogen-bond acceptors (Lipinski definition) is 2. The summed E-state index contributed by atoms with van der Waals surface area (Å²) in [6, 6.07) is 12.9.